The van der Waals surface area contributed by atoms with Crippen LogP contribution in [0.15, 0.2) is 41.3 Å². The maximum absolute atomic E-state index is 14.2. The Labute approximate surface area is 213 Å². The minimum Gasteiger partial charge on any atom is -0.294 e. The van der Waals surface area contributed by atoms with Crippen LogP contribution in [0.4, 0.5) is 8.78 Å². The minimum absolute atomic E-state index is 0.0846. The normalized spacial score (nSPS) is 12.2. The second kappa shape index (κ2) is 11.0. The van der Waals surface area contributed by atoms with Crippen LogP contribution in [0.1, 0.15) is 103 Å². The Morgan fingerprint density at radius 3 is 1.92 bits per heavy atom. The number of Topliss-reactive ketones (excluding diaryl/α,β-unsaturated/α-hetero) is 1. The predicted octanol–water partition coefficient (Wildman–Crippen LogP) is 7.77. The number of benzene rings is 2. The van der Waals surface area contributed by atoms with Gasteiger partial charge in [0.25, 0.3) is 5.56 Å². The number of hydrogen-bond acceptors (Lipinski definition) is 3. The van der Waals surface area contributed by atoms with E-state index in [9.17, 15) is 18.4 Å². The van der Waals surface area contributed by atoms with Crippen molar-refractivity contribution in [1.29, 1.82) is 0 Å². The third kappa shape index (κ3) is 7.08. The molecule has 0 fully saturated rings. The van der Waals surface area contributed by atoms with E-state index in [-0.39, 0.29) is 45.1 Å². The van der Waals surface area contributed by atoms with Crippen molar-refractivity contribution in [3.63, 3.8) is 0 Å². The van der Waals surface area contributed by atoms with E-state index in [1.54, 1.807) is 12.3 Å². The molecule has 0 radical (unpaired) electrons. The summed E-state index contributed by atoms with van der Waals surface area (Å²) in [7, 11) is 0. The van der Waals surface area contributed by atoms with Gasteiger partial charge >= 0.3 is 0 Å². The number of fused-ring (bicyclic) bond motifs is 1. The zero-order chi connectivity index (χ0) is 27.6. The fourth-order valence-electron chi connectivity index (χ4n) is 3.74. The highest BCUT2D eigenvalue weighted by Crippen LogP contribution is 2.27. The van der Waals surface area contributed by atoms with Crippen LogP contribution in [0.3, 0.4) is 0 Å². The topological polar surface area (TPSA) is 52.0 Å². The van der Waals surface area contributed by atoms with Gasteiger partial charge in [0.1, 0.15) is 11.6 Å². The number of nitrogens with zero attached hydrogens (tertiary/aromatic N) is 2. The van der Waals surface area contributed by atoms with Gasteiger partial charge in [-0.05, 0) is 66.0 Å². The number of carbonyl (C=O) groups is 1. The highest BCUT2D eigenvalue weighted by Gasteiger charge is 2.20. The number of rotatable bonds is 4. The summed E-state index contributed by atoms with van der Waals surface area (Å²) in [6.07, 6.45) is 1.96. The summed E-state index contributed by atoms with van der Waals surface area (Å²) in [4.78, 5) is 24.0. The van der Waals surface area contributed by atoms with E-state index in [0.717, 1.165) is 11.1 Å². The minimum atomic E-state index is -0.468. The molecule has 0 N–H and O–H groups in total. The molecule has 0 aliphatic rings. The molecule has 0 aliphatic carbocycles. The van der Waals surface area contributed by atoms with E-state index in [2.05, 4.69) is 5.10 Å². The van der Waals surface area contributed by atoms with Crippen LogP contribution in [0.5, 0.6) is 0 Å². The summed E-state index contributed by atoms with van der Waals surface area (Å²) in [5.41, 5.74) is 1.36. The fraction of sp³-hybridized carbons (Fsp3) is 0.500. The van der Waals surface area contributed by atoms with Gasteiger partial charge < -0.3 is 0 Å². The monoisotopic (exact) mass is 498 g/mol. The van der Waals surface area contributed by atoms with E-state index in [1.165, 1.54) is 16.8 Å². The van der Waals surface area contributed by atoms with Crippen LogP contribution in [0.2, 0.25) is 0 Å². The lowest BCUT2D eigenvalue weighted by atomic mass is 9.86. The maximum atomic E-state index is 14.2. The van der Waals surface area contributed by atoms with Gasteiger partial charge in [0, 0.05) is 11.8 Å². The first-order valence-electron chi connectivity index (χ1n) is 12.5. The molecule has 0 atom stereocenters. The molecule has 0 bridgehead atoms. The summed E-state index contributed by atoms with van der Waals surface area (Å²) in [5.74, 6) is -0.727. The Morgan fingerprint density at radius 2 is 1.44 bits per heavy atom. The van der Waals surface area contributed by atoms with Crippen LogP contribution in [-0.4, -0.2) is 15.6 Å². The molecular formula is C30H40F2N2O2. The molecule has 0 saturated carbocycles. The van der Waals surface area contributed by atoms with Crippen molar-refractivity contribution in [2.45, 2.75) is 92.5 Å². The zero-order valence-corrected chi connectivity index (χ0v) is 23.3. The molecule has 1 aromatic heterocycles. The molecule has 196 valence electrons. The van der Waals surface area contributed by atoms with E-state index >= 15 is 0 Å². The number of carbonyl (C=O) groups excluding carboxylic acids is 1. The molecule has 0 spiro atoms. The summed E-state index contributed by atoms with van der Waals surface area (Å²) in [5, 5.41) is 4.79. The van der Waals surface area contributed by atoms with E-state index in [4.69, 9.17) is 0 Å². The van der Waals surface area contributed by atoms with Crippen LogP contribution < -0.4 is 5.56 Å². The Hall–Kier alpha value is -2.89. The Balaban J connectivity index is 0.000000255. The first-order chi connectivity index (χ1) is 16.4. The third-order valence-electron chi connectivity index (χ3n) is 5.95. The standard InChI is InChI=1S/C15H19FN2O.C15H21FO/c1-9(2)18-14(19)13-10(8-17-18)6-11(7-12(13)16)15(3,4)5;1-10(2)8-14(17)12-7-6-11(9-13(12)16)15(3,4)5/h6-9H,1-5H3;6-7,9-10H,8H2,1-5H3. The maximum Gasteiger partial charge on any atom is 0.277 e. The van der Waals surface area contributed by atoms with Crippen molar-refractivity contribution >= 4 is 16.6 Å². The lowest BCUT2D eigenvalue weighted by Crippen LogP contribution is -2.25. The third-order valence-corrected chi connectivity index (χ3v) is 5.95. The number of halogens is 2. The molecule has 1 heterocycles. The quantitative estimate of drug-likeness (QED) is 0.345. The molecule has 3 aromatic rings. The van der Waals surface area contributed by atoms with Gasteiger partial charge in [0.15, 0.2) is 5.78 Å². The first-order valence-corrected chi connectivity index (χ1v) is 12.5. The number of ketones is 1. The van der Waals surface area contributed by atoms with Gasteiger partial charge in [-0.15, -0.1) is 0 Å². The molecule has 0 amide bonds. The van der Waals surface area contributed by atoms with Gasteiger partial charge in [-0.2, -0.15) is 5.10 Å². The molecule has 2 aromatic carbocycles. The Bertz CT molecular complexity index is 1290. The summed E-state index contributed by atoms with van der Waals surface area (Å²) in [6, 6.07) is 8.15. The van der Waals surface area contributed by atoms with E-state index in [1.807, 2.05) is 81.4 Å². The molecular weight excluding hydrogens is 458 g/mol. The van der Waals surface area contributed by atoms with E-state index in [0.29, 0.717) is 11.8 Å². The zero-order valence-electron chi connectivity index (χ0n) is 23.3. The highest BCUT2D eigenvalue weighted by atomic mass is 19.1. The van der Waals surface area contributed by atoms with Crippen LogP contribution in [-0.2, 0) is 10.8 Å². The van der Waals surface area contributed by atoms with Crippen molar-refractivity contribution in [3.05, 3.63) is 75.2 Å². The summed E-state index contributed by atoms with van der Waals surface area (Å²) >= 11 is 0. The fourth-order valence-corrected chi connectivity index (χ4v) is 3.74. The van der Waals surface area contributed by atoms with Gasteiger partial charge in [0.2, 0.25) is 0 Å². The van der Waals surface area contributed by atoms with Crippen LogP contribution in [0, 0.1) is 17.6 Å². The smallest absolute Gasteiger partial charge is 0.277 e. The molecule has 0 aliphatic heterocycles. The Kier molecular flexibility index (Phi) is 8.98. The predicted molar refractivity (Wildman–Crippen MR) is 144 cm³/mol. The van der Waals surface area contributed by atoms with E-state index < -0.39 is 11.6 Å². The van der Waals surface area contributed by atoms with Crippen LogP contribution >= 0.6 is 0 Å². The lowest BCUT2D eigenvalue weighted by molar-refractivity contribution is 0.0964. The average molecular weight is 499 g/mol. The molecule has 0 unspecified atom stereocenters. The van der Waals surface area contributed by atoms with Gasteiger partial charge in [-0.1, -0.05) is 61.5 Å². The van der Waals surface area contributed by atoms with Crippen molar-refractivity contribution in [2.75, 3.05) is 0 Å². The second-order valence-corrected chi connectivity index (χ2v) is 12.1. The molecule has 3 rings (SSSR count). The number of hydrogen-bond donors (Lipinski definition) is 0. The highest BCUT2D eigenvalue weighted by molar-refractivity contribution is 5.96. The van der Waals surface area contributed by atoms with Crippen molar-refractivity contribution < 1.29 is 13.6 Å². The van der Waals surface area contributed by atoms with Gasteiger partial charge in [-0.3, -0.25) is 9.59 Å². The van der Waals surface area contributed by atoms with Gasteiger partial charge in [0.05, 0.1) is 23.2 Å². The van der Waals surface area contributed by atoms with Crippen LogP contribution in [0.25, 0.3) is 10.8 Å². The molecule has 6 heteroatoms. The summed E-state index contributed by atoms with van der Waals surface area (Å²) < 4.78 is 29.4. The molecule has 36 heavy (non-hydrogen) atoms. The number of aromatic nitrogens is 2. The lowest BCUT2D eigenvalue weighted by Gasteiger charge is -2.20. The van der Waals surface area contributed by atoms with Crippen molar-refractivity contribution in [3.8, 4) is 0 Å². The Morgan fingerprint density at radius 1 is 0.889 bits per heavy atom. The summed E-state index contributed by atoms with van der Waals surface area (Å²) in [6.45, 7) is 19.7. The SMILES string of the molecule is CC(C)CC(=O)c1ccc(C(C)(C)C)cc1F.CC(C)n1ncc2cc(C(C)(C)C)cc(F)c2c1=O. The molecule has 0 saturated heterocycles. The molecule has 4 nitrogen and oxygen atoms in total. The van der Waals surface area contributed by atoms with Gasteiger partial charge in [-0.25, -0.2) is 13.5 Å². The first kappa shape index (κ1) is 29.3. The average Bonchev–Trinajstić information content (AvgIpc) is 2.71. The van der Waals surface area contributed by atoms with Crippen molar-refractivity contribution in [1.82, 2.24) is 9.78 Å². The van der Waals surface area contributed by atoms with Crippen molar-refractivity contribution in [2.24, 2.45) is 5.92 Å². The largest absolute Gasteiger partial charge is 0.294 e. The second-order valence-electron chi connectivity index (χ2n) is 12.1.